The Morgan fingerprint density at radius 3 is 3.27 bits per heavy atom. The van der Waals surface area contributed by atoms with Gasteiger partial charge in [0.15, 0.2) is 0 Å². The quantitative estimate of drug-likeness (QED) is 0.810. The Morgan fingerprint density at radius 1 is 1.60 bits per heavy atom. The first-order chi connectivity index (χ1) is 7.36. The van der Waals surface area contributed by atoms with Crippen molar-refractivity contribution >= 4 is 0 Å². The van der Waals surface area contributed by atoms with Crippen LogP contribution in [0.4, 0.5) is 0 Å². The molecule has 0 bridgehead atoms. The number of hydrogen-bond donors (Lipinski definition) is 1. The number of likely N-dealkylation sites (N-methyl/N-ethyl adjacent to an activating group) is 1. The lowest BCUT2D eigenvalue weighted by atomic mass is 10.0. The molecule has 2 heterocycles. The lowest BCUT2D eigenvalue weighted by molar-refractivity contribution is 0.180. The predicted molar refractivity (Wildman–Crippen MR) is 58.5 cm³/mol. The highest BCUT2D eigenvalue weighted by Crippen LogP contribution is 2.14. The highest BCUT2D eigenvalue weighted by atomic mass is 16.5. The summed E-state index contributed by atoms with van der Waals surface area (Å²) < 4.78 is 5.02. The summed E-state index contributed by atoms with van der Waals surface area (Å²) in [5, 5.41) is 7.09. The molecular formula is C11H19N3O. The fraction of sp³-hybridized carbons (Fsp3) is 0.727. The Bertz CT molecular complexity index is 273. The average Bonchev–Trinajstić information content (AvgIpc) is 2.74. The summed E-state index contributed by atoms with van der Waals surface area (Å²) in [4.78, 5) is 2.44. The Labute approximate surface area is 90.6 Å². The molecule has 1 fully saturated rings. The van der Waals surface area contributed by atoms with E-state index in [9.17, 15) is 0 Å². The van der Waals surface area contributed by atoms with E-state index in [1.165, 1.54) is 25.8 Å². The predicted octanol–water partition coefficient (Wildman–Crippen LogP) is 1.25. The van der Waals surface area contributed by atoms with E-state index in [0.29, 0.717) is 6.04 Å². The molecule has 1 saturated heterocycles. The van der Waals surface area contributed by atoms with Crippen LogP contribution in [0.3, 0.4) is 0 Å². The molecule has 1 aromatic heterocycles. The monoisotopic (exact) mass is 209 g/mol. The molecule has 1 aromatic rings. The van der Waals surface area contributed by atoms with Gasteiger partial charge in [0.1, 0.15) is 5.76 Å². The van der Waals surface area contributed by atoms with Crippen molar-refractivity contribution in [3.8, 4) is 0 Å². The first kappa shape index (κ1) is 10.6. The van der Waals surface area contributed by atoms with Gasteiger partial charge in [0, 0.05) is 18.7 Å². The van der Waals surface area contributed by atoms with Crippen LogP contribution in [0.25, 0.3) is 0 Å². The van der Waals surface area contributed by atoms with Crippen LogP contribution in [0.1, 0.15) is 25.0 Å². The van der Waals surface area contributed by atoms with E-state index in [2.05, 4.69) is 22.4 Å². The number of likely N-dealkylation sites (tertiary alicyclic amines) is 1. The van der Waals surface area contributed by atoms with Crippen LogP contribution in [0.5, 0.6) is 0 Å². The van der Waals surface area contributed by atoms with Gasteiger partial charge in [-0.2, -0.15) is 0 Å². The molecule has 0 amide bonds. The highest BCUT2D eigenvalue weighted by molar-refractivity contribution is 4.92. The van der Waals surface area contributed by atoms with Gasteiger partial charge in [0.25, 0.3) is 0 Å². The molecule has 4 nitrogen and oxygen atoms in total. The van der Waals surface area contributed by atoms with E-state index in [-0.39, 0.29) is 0 Å². The number of nitrogens with zero attached hydrogens (tertiary/aromatic N) is 2. The van der Waals surface area contributed by atoms with Crippen LogP contribution in [-0.4, -0.2) is 36.2 Å². The molecule has 1 aliphatic heterocycles. The van der Waals surface area contributed by atoms with Gasteiger partial charge in [-0.25, -0.2) is 0 Å². The summed E-state index contributed by atoms with van der Waals surface area (Å²) in [6, 6.07) is 2.58. The van der Waals surface area contributed by atoms with Crippen molar-refractivity contribution in [2.24, 2.45) is 0 Å². The molecule has 0 saturated carbocycles. The summed E-state index contributed by atoms with van der Waals surface area (Å²) >= 11 is 0. The Hall–Kier alpha value is -0.870. The third-order valence-corrected chi connectivity index (χ3v) is 3.09. The molecule has 1 atom stereocenters. The molecule has 0 aromatic carbocycles. The van der Waals surface area contributed by atoms with Crippen molar-refractivity contribution in [2.75, 3.05) is 20.1 Å². The smallest absolute Gasteiger partial charge is 0.150 e. The van der Waals surface area contributed by atoms with Crippen molar-refractivity contribution in [3.05, 3.63) is 18.0 Å². The zero-order chi connectivity index (χ0) is 10.5. The van der Waals surface area contributed by atoms with E-state index < -0.39 is 0 Å². The van der Waals surface area contributed by atoms with Crippen LogP contribution < -0.4 is 5.32 Å². The van der Waals surface area contributed by atoms with Gasteiger partial charge in [-0.15, -0.1) is 0 Å². The van der Waals surface area contributed by atoms with E-state index in [0.717, 1.165) is 18.8 Å². The minimum atomic E-state index is 0.682. The molecule has 0 aliphatic carbocycles. The fourth-order valence-electron chi connectivity index (χ4n) is 2.10. The van der Waals surface area contributed by atoms with Crippen molar-refractivity contribution in [2.45, 2.75) is 31.8 Å². The van der Waals surface area contributed by atoms with Crippen LogP contribution in [0.15, 0.2) is 16.8 Å². The number of piperidine rings is 1. The second-order valence-corrected chi connectivity index (χ2v) is 4.24. The van der Waals surface area contributed by atoms with E-state index in [1.807, 2.05) is 6.07 Å². The Kier molecular flexibility index (Phi) is 3.75. The Morgan fingerprint density at radius 2 is 2.53 bits per heavy atom. The second-order valence-electron chi connectivity index (χ2n) is 4.24. The van der Waals surface area contributed by atoms with Gasteiger partial charge in [0.05, 0.1) is 12.7 Å². The maximum atomic E-state index is 5.02. The zero-order valence-electron chi connectivity index (χ0n) is 9.28. The molecule has 4 heteroatoms. The molecule has 15 heavy (non-hydrogen) atoms. The second kappa shape index (κ2) is 5.28. The molecule has 84 valence electrons. The van der Waals surface area contributed by atoms with Gasteiger partial charge in [-0.3, -0.25) is 0 Å². The molecule has 1 N–H and O–H groups in total. The molecular weight excluding hydrogens is 190 g/mol. The van der Waals surface area contributed by atoms with Crippen molar-refractivity contribution in [1.29, 1.82) is 0 Å². The molecule has 2 rings (SSSR count). The average molecular weight is 209 g/mol. The van der Waals surface area contributed by atoms with Crippen LogP contribution in [0.2, 0.25) is 0 Å². The lowest BCUT2D eigenvalue weighted by Crippen LogP contribution is -2.42. The van der Waals surface area contributed by atoms with E-state index in [4.69, 9.17) is 4.52 Å². The maximum Gasteiger partial charge on any atom is 0.150 e. The van der Waals surface area contributed by atoms with Crippen LogP contribution in [-0.2, 0) is 6.54 Å². The van der Waals surface area contributed by atoms with Gasteiger partial charge >= 0.3 is 0 Å². The van der Waals surface area contributed by atoms with Gasteiger partial charge in [-0.05, 0) is 26.4 Å². The molecule has 0 radical (unpaired) electrons. The fourth-order valence-corrected chi connectivity index (χ4v) is 2.10. The summed E-state index contributed by atoms with van der Waals surface area (Å²) in [5.74, 6) is 0.911. The summed E-state index contributed by atoms with van der Waals surface area (Å²) in [7, 11) is 2.21. The first-order valence-corrected chi connectivity index (χ1v) is 5.67. The maximum absolute atomic E-state index is 5.02. The third kappa shape index (κ3) is 3.04. The van der Waals surface area contributed by atoms with Gasteiger partial charge < -0.3 is 14.7 Å². The van der Waals surface area contributed by atoms with Crippen LogP contribution in [0, 0.1) is 0 Å². The summed E-state index contributed by atoms with van der Waals surface area (Å²) in [5.41, 5.74) is 0. The topological polar surface area (TPSA) is 41.3 Å². The lowest BCUT2D eigenvalue weighted by Gasteiger charge is -2.32. The number of hydrogen-bond acceptors (Lipinski definition) is 4. The normalized spacial score (nSPS) is 23.1. The minimum Gasteiger partial charge on any atom is -0.360 e. The zero-order valence-corrected chi connectivity index (χ0v) is 9.28. The number of nitrogens with one attached hydrogen (secondary N) is 1. The summed E-state index contributed by atoms with van der Waals surface area (Å²) in [6.45, 7) is 3.05. The van der Waals surface area contributed by atoms with Crippen molar-refractivity contribution < 1.29 is 4.52 Å². The summed E-state index contributed by atoms with van der Waals surface area (Å²) in [6.07, 6.45) is 5.69. The van der Waals surface area contributed by atoms with Crippen molar-refractivity contribution in [1.82, 2.24) is 15.4 Å². The standard InChI is InChI=1S/C11H19N3O/c1-14-7-3-2-4-10(14)8-12-9-11-5-6-13-15-11/h5-6,10,12H,2-4,7-9H2,1H3. The van der Waals surface area contributed by atoms with E-state index >= 15 is 0 Å². The highest BCUT2D eigenvalue weighted by Gasteiger charge is 2.17. The molecule has 0 spiro atoms. The number of rotatable bonds is 4. The van der Waals surface area contributed by atoms with Crippen LogP contribution >= 0.6 is 0 Å². The van der Waals surface area contributed by atoms with Crippen molar-refractivity contribution in [3.63, 3.8) is 0 Å². The van der Waals surface area contributed by atoms with Gasteiger partial charge in [0.2, 0.25) is 0 Å². The molecule has 1 unspecified atom stereocenters. The van der Waals surface area contributed by atoms with Gasteiger partial charge in [-0.1, -0.05) is 11.6 Å². The Balaban J connectivity index is 1.68. The molecule has 1 aliphatic rings. The largest absolute Gasteiger partial charge is 0.360 e. The number of aromatic nitrogens is 1. The SMILES string of the molecule is CN1CCCCC1CNCc1ccno1. The third-order valence-electron chi connectivity index (χ3n) is 3.09. The minimum absolute atomic E-state index is 0.682. The van der Waals surface area contributed by atoms with E-state index in [1.54, 1.807) is 6.20 Å². The first-order valence-electron chi connectivity index (χ1n) is 5.67.